The van der Waals surface area contributed by atoms with Crippen molar-refractivity contribution in [2.75, 3.05) is 37.0 Å². The Hall–Kier alpha value is -4.53. The van der Waals surface area contributed by atoms with Crippen molar-refractivity contribution in [2.45, 2.75) is 38.5 Å². The third-order valence-electron chi connectivity index (χ3n) is 6.59. The minimum atomic E-state index is -0.408. The highest BCUT2D eigenvalue weighted by molar-refractivity contribution is 7.99. The van der Waals surface area contributed by atoms with Crippen molar-refractivity contribution in [2.24, 2.45) is 0 Å². The Bertz CT molecular complexity index is 1470. The van der Waals surface area contributed by atoms with Gasteiger partial charge in [-0.25, -0.2) is 9.59 Å². The molecule has 0 saturated carbocycles. The number of fused-ring (bicyclic) bond motifs is 1. The summed E-state index contributed by atoms with van der Waals surface area (Å²) in [5.74, 6) is -0.165. The number of carbonyl (C=O) groups is 2. The van der Waals surface area contributed by atoms with Crippen LogP contribution in [0.5, 0.6) is 0 Å². The van der Waals surface area contributed by atoms with Crippen molar-refractivity contribution in [3.63, 3.8) is 0 Å². The summed E-state index contributed by atoms with van der Waals surface area (Å²) in [6, 6.07) is 18.2. The molecule has 0 aromatic heterocycles. The first kappa shape index (κ1) is 32.0. The van der Waals surface area contributed by atoms with Gasteiger partial charge in [-0.2, -0.15) is 10.5 Å². The molecule has 0 radical (unpaired) electrons. The number of benzene rings is 2. The van der Waals surface area contributed by atoms with E-state index in [1.165, 1.54) is 0 Å². The quantitative estimate of drug-likeness (QED) is 0.117. The molecule has 1 aliphatic heterocycles. The number of hydrogen-bond acceptors (Lipinski definition) is 8. The summed E-state index contributed by atoms with van der Waals surface area (Å²) in [6.07, 6.45) is 3.29. The van der Waals surface area contributed by atoms with Crippen molar-refractivity contribution in [1.29, 1.82) is 10.5 Å². The molecule has 0 spiro atoms. The molecule has 0 atom stereocenters. The van der Waals surface area contributed by atoms with Gasteiger partial charge < -0.3 is 14.4 Å². The molecule has 0 unspecified atom stereocenters. The van der Waals surface area contributed by atoms with Crippen LogP contribution in [-0.4, -0.2) is 44.0 Å². The third-order valence-corrected chi connectivity index (χ3v) is 7.71. The molecule has 42 heavy (non-hydrogen) atoms. The molecule has 3 rings (SSSR count). The molecule has 8 heteroatoms. The fourth-order valence-electron chi connectivity index (χ4n) is 4.41. The Kier molecular flexibility index (Phi) is 11.8. The normalized spacial score (nSPS) is 12.9. The molecule has 0 amide bonds. The van der Waals surface area contributed by atoms with E-state index in [-0.39, 0.29) is 18.8 Å². The van der Waals surface area contributed by atoms with Crippen LogP contribution in [0.25, 0.3) is 11.6 Å². The summed E-state index contributed by atoms with van der Waals surface area (Å²) < 4.78 is 10.5. The Morgan fingerprint density at radius 1 is 0.976 bits per heavy atom. The van der Waals surface area contributed by atoms with E-state index >= 15 is 0 Å². The Morgan fingerprint density at radius 2 is 1.57 bits per heavy atom. The standard InChI is InChI=1S/C34H35N3O4S/c1-23(2)33(38)40-16-8-14-37(15-9-17-41-34(39)24(3)4)29-13-12-26(25(5)18-29)19-27-22-42-31-11-7-6-10-30(31)32(27)28(20-35)21-36/h6-7,10-13,18-19H,1,3,8-9,14-17,22H2,2,4-5H3/b27-19+. The van der Waals surface area contributed by atoms with Gasteiger partial charge in [0.2, 0.25) is 0 Å². The number of nitrogens with zero attached hydrogens (tertiary/aromatic N) is 3. The van der Waals surface area contributed by atoms with Gasteiger partial charge >= 0.3 is 11.9 Å². The summed E-state index contributed by atoms with van der Waals surface area (Å²) in [5, 5.41) is 19.4. The van der Waals surface area contributed by atoms with E-state index in [0.717, 1.165) is 32.8 Å². The number of nitriles is 2. The summed E-state index contributed by atoms with van der Waals surface area (Å²) in [5.41, 5.74) is 6.37. The smallest absolute Gasteiger partial charge is 0.333 e. The van der Waals surface area contributed by atoms with Crippen LogP contribution in [0, 0.1) is 29.6 Å². The van der Waals surface area contributed by atoms with Gasteiger partial charge in [-0.3, -0.25) is 0 Å². The summed E-state index contributed by atoms with van der Waals surface area (Å²) in [6.45, 7) is 14.3. The number of rotatable bonds is 12. The van der Waals surface area contributed by atoms with Crippen molar-refractivity contribution >= 4 is 41.0 Å². The molecular weight excluding hydrogens is 546 g/mol. The van der Waals surface area contributed by atoms with E-state index in [1.54, 1.807) is 25.6 Å². The van der Waals surface area contributed by atoms with Crippen LogP contribution in [0.3, 0.4) is 0 Å². The Balaban J connectivity index is 1.84. The summed E-state index contributed by atoms with van der Waals surface area (Å²) in [4.78, 5) is 26.8. The second-order valence-corrected chi connectivity index (χ2v) is 11.0. The zero-order valence-corrected chi connectivity index (χ0v) is 25.2. The number of ether oxygens (including phenoxy) is 2. The van der Waals surface area contributed by atoms with Gasteiger partial charge in [0, 0.05) is 46.1 Å². The van der Waals surface area contributed by atoms with Gasteiger partial charge in [-0.15, -0.1) is 11.8 Å². The van der Waals surface area contributed by atoms with Crippen LogP contribution < -0.4 is 4.90 Å². The van der Waals surface area contributed by atoms with Crippen molar-refractivity contribution in [3.8, 4) is 12.1 Å². The van der Waals surface area contributed by atoms with E-state index in [9.17, 15) is 20.1 Å². The molecule has 0 aliphatic carbocycles. The average molecular weight is 582 g/mol. The maximum absolute atomic E-state index is 11.8. The van der Waals surface area contributed by atoms with Crippen LogP contribution in [0.15, 0.2) is 82.8 Å². The molecule has 7 nitrogen and oxygen atoms in total. The SMILES string of the molecule is C=C(C)C(=O)OCCCN(CCCOC(=O)C(=C)C)c1ccc(/C=C2\CSc3ccccc3C2=C(C#N)C#N)c(C)c1. The van der Waals surface area contributed by atoms with Crippen molar-refractivity contribution in [1.82, 2.24) is 0 Å². The molecule has 0 N–H and O–H groups in total. The minimum absolute atomic E-state index is 0.106. The first-order valence-corrected chi connectivity index (χ1v) is 14.6. The topological polar surface area (TPSA) is 103 Å². The zero-order chi connectivity index (χ0) is 30.6. The lowest BCUT2D eigenvalue weighted by atomic mass is 9.92. The average Bonchev–Trinajstić information content (AvgIpc) is 2.98. The second-order valence-electron chi connectivity index (χ2n) is 10.00. The third kappa shape index (κ3) is 8.49. The molecule has 0 bridgehead atoms. The van der Waals surface area contributed by atoms with Gasteiger partial charge in [0.1, 0.15) is 17.7 Å². The number of carbonyl (C=O) groups excluding carboxylic acids is 2. The van der Waals surface area contributed by atoms with Gasteiger partial charge in [-0.1, -0.05) is 37.4 Å². The highest BCUT2D eigenvalue weighted by atomic mass is 32.2. The van der Waals surface area contributed by atoms with Gasteiger partial charge in [-0.05, 0) is 80.2 Å². The zero-order valence-electron chi connectivity index (χ0n) is 24.4. The van der Waals surface area contributed by atoms with Gasteiger partial charge in [0.15, 0.2) is 0 Å². The van der Waals surface area contributed by atoms with Crippen molar-refractivity contribution in [3.05, 3.63) is 94.6 Å². The molecule has 216 valence electrons. The fourth-order valence-corrected chi connectivity index (χ4v) is 5.45. The lowest BCUT2D eigenvalue weighted by molar-refractivity contribution is -0.139. The Morgan fingerprint density at radius 3 is 2.12 bits per heavy atom. The van der Waals surface area contributed by atoms with E-state index in [0.29, 0.717) is 48.4 Å². The number of aryl methyl sites for hydroxylation is 1. The predicted octanol–water partition coefficient (Wildman–Crippen LogP) is 6.81. The summed E-state index contributed by atoms with van der Waals surface area (Å²) >= 11 is 1.69. The van der Waals surface area contributed by atoms with E-state index < -0.39 is 11.9 Å². The predicted molar refractivity (Wildman–Crippen MR) is 167 cm³/mol. The maximum atomic E-state index is 11.8. The van der Waals surface area contributed by atoms with E-state index in [4.69, 9.17) is 9.47 Å². The molecule has 0 fully saturated rings. The highest BCUT2D eigenvalue weighted by Crippen LogP contribution is 2.42. The largest absolute Gasteiger partial charge is 0.462 e. The maximum Gasteiger partial charge on any atom is 0.333 e. The van der Waals surface area contributed by atoms with Crippen LogP contribution in [0.4, 0.5) is 5.69 Å². The molecule has 2 aromatic rings. The minimum Gasteiger partial charge on any atom is -0.462 e. The molecule has 1 aliphatic rings. The number of thioether (sulfide) groups is 1. The van der Waals surface area contributed by atoms with Crippen LogP contribution in [-0.2, 0) is 19.1 Å². The number of anilines is 1. The first-order chi connectivity index (χ1) is 20.2. The Labute approximate surface area is 252 Å². The molecule has 2 aromatic carbocycles. The van der Waals surface area contributed by atoms with Crippen molar-refractivity contribution < 1.29 is 19.1 Å². The van der Waals surface area contributed by atoms with Crippen LogP contribution in [0.1, 0.15) is 43.4 Å². The van der Waals surface area contributed by atoms with Gasteiger partial charge in [0.25, 0.3) is 0 Å². The van der Waals surface area contributed by atoms with Gasteiger partial charge in [0.05, 0.1) is 13.2 Å². The fraction of sp³-hybridized carbons (Fsp3) is 0.294. The molecule has 0 saturated heterocycles. The number of hydrogen-bond donors (Lipinski definition) is 0. The number of allylic oxidation sites excluding steroid dienone is 2. The van der Waals surface area contributed by atoms with Crippen LogP contribution in [0.2, 0.25) is 0 Å². The van der Waals surface area contributed by atoms with Crippen LogP contribution >= 0.6 is 11.8 Å². The lowest BCUT2D eigenvalue weighted by Gasteiger charge is -2.26. The van der Waals surface area contributed by atoms with E-state index in [1.807, 2.05) is 43.3 Å². The summed E-state index contributed by atoms with van der Waals surface area (Å²) in [7, 11) is 0. The second kappa shape index (κ2) is 15.5. The lowest BCUT2D eigenvalue weighted by Crippen LogP contribution is -2.28. The molecule has 1 heterocycles. The highest BCUT2D eigenvalue weighted by Gasteiger charge is 2.23. The molecular formula is C34H35N3O4S. The monoisotopic (exact) mass is 581 g/mol. The number of esters is 2. The van der Waals surface area contributed by atoms with E-state index in [2.05, 4.69) is 42.3 Å². The first-order valence-electron chi connectivity index (χ1n) is 13.6.